The monoisotopic (exact) mass is 229 g/mol. The van der Waals surface area contributed by atoms with Gasteiger partial charge in [0.2, 0.25) is 5.88 Å². The Balaban J connectivity index is 2.09. The Morgan fingerprint density at radius 3 is 2.53 bits per heavy atom. The Bertz CT molecular complexity index is 476. The molecule has 0 atom stereocenters. The van der Waals surface area contributed by atoms with Crippen molar-refractivity contribution in [3.63, 3.8) is 0 Å². The normalized spacial score (nSPS) is 10.0. The minimum atomic E-state index is -1.57. The number of hydrogen-bond donors (Lipinski definition) is 2. The molecule has 0 unspecified atom stereocenters. The van der Waals surface area contributed by atoms with Crippen LogP contribution < -0.4 is 10.2 Å². The largest absolute Gasteiger partial charge is 0.494 e. The standard InChI is InChI=1S/C12H12BNO3/c15-13(16)11-7-4-8-14-12(11)17-9-10-5-2-1-3-6-10/h1-8,15-16H,9H2. The van der Waals surface area contributed by atoms with E-state index in [2.05, 4.69) is 4.98 Å². The molecule has 2 N–H and O–H groups in total. The van der Waals surface area contributed by atoms with Crippen LogP contribution >= 0.6 is 0 Å². The number of ether oxygens (including phenoxy) is 1. The third-order valence-corrected chi connectivity index (χ3v) is 2.30. The number of benzene rings is 1. The minimum Gasteiger partial charge on any atom is -0.473 e. The van der Waals surface area contributed by atoms with E-state index in [0.29, 0.717) is 6.61 Å². The summed E-state index contributed by atoms with van der Waals surface area (Å²) in [7, 11) is -1.57. The summed E-state index contributed by atoms with van der Waals surface area (Å²) in [5.41, 5.74) is 1.26. The van der Waals surface area contributed by atoms with Crippen molar-refractivity contribution >= 4 is 12.6 Å². The number of pyridine rings is 1. The predicted molar refractivity (Wildman–Crippen MR) is 64.8 cm³/mol. The van der Waals surface area contributed by atoms with Gasteiger partial charge in [-0.25, -0.2) is 4.98 Å². The lowest BCUT2D eigenvalue weighted by Crippen LogP contribution is -2.31. The van der Waals surface area contributed by atoms with E-state index in [9.17, 15) is 0 Å². The molecule has 1 aromatic heterocycles. The van der Waals surface area contributed by atoms with Crippen LogP contribution in [0.4, 0.5) is 0 Å². The van der Waals surface area contributed by atoms with E-state index in [1.807, 2.05) is 30.3 Å². The van der Waals surface area contributed by atoms with Crippen molar-refractivity contribution in [3.8, 4) is 5.88 Å². The van der Waals surface area contributed by atoms with Crippen LogP contribution in [-0.2, 0) is 6.61 Å². The molecule has 17 heavy (non-hydrogen) atoms. The molecular weight excluding hydrogens is 217 g/mol. The first-order valence-electron chi connectivity index (χ1n) is 5.25. The summed E-state index contributed by atoms with van der Waals surface area (Å²) >= 11 is 0. The SMILES string of the molecule is OB(O)c1cccnc1OCc1ccccc1. The van der Waals surface area contributed by atoms with Crippen LogP contribution in [-0.4, -0.2) is 22.2 Å². The molecule has 0 saturated heterocycles. The van der Waals surface area contributed by atoms with Gasteiger partial charge in [0.25, 0.3) is 0 Å². The molecule has 0 aliphatic rings. The van der Waals surface area contributed by atoms with Crippen molar-refractivity contribution in [1.29, 1.82) is 0 Å². The molecule has 5 heteroatoms. The van der Waals surface area contributed by atoms with Crippen LogP contribution in [0, 0.1) is 0 Å². The molecule has 0 aliphatic heterocycles. The first-order valence-corrected chi connectivity index (χ1v) is 5.25. The van der Waals surface area contributed by atoms with Crippen LogP contribution in [0.3, 0.4) is 0 Å². The van der Waals surface area contributed by atoms with Crippen LogP contribution in [0.2, 0.25) is 0 Å². The molecule has 86 valence electrons. The van der Waals surface area contributed by atoms with Crippen molar-refractivity contribution in [2.75, 3.05) is 0 Å². The van der Waals surface area contributed by atoms with Crippen LogP contribution in [0.25, 0.3) is 0 Å². The highest BCUT2D eigenvalue weighted by Crippen LogP contribution is 2.06. The third kappa shape index (κ3) is 3.06. The maximum atomic E-state index is 9.14. The van der Waals surface area contributed by atoms with E-state index in [-0.39, 0.29) is 11.3 Å². The highest BCUT2D eigenvalue weighted by atomic mass is 16.5. The van der Waals surface area contributed by atoms with Crippen molar-refractivity contribution in [1.82, 2.24) is 4.98 Å². The Labute approximate surface area is 99.7 Å². The van der Waals surface area contributed by atoms with Crippen molar-refractivity contribution in [2.45, 2.75) is 6.61 Å². The van der Waals surface area contributed by atoms with Crippen LogP contribution in [0.5, 0.6) is 5.88 Å². The molecule has 0 radical (unpaired) electrons. The first-order chi connectivity index (χ1) is 8.27. The van der Waals surface area contributed by atoms with Gasteiger partial charge in [0.15, 0.2) is 0 Å². The molecular formula is C12H12BNO3. The molecule has 0 bridgehead atoms. The zero-order valence-corrected chi connectivity index (χ0v) is 9.15. The summed E-state index contributed by atoms with van der Waals surface area (Å²) in [5, 5.41) is 18.3. The summed E-state index contributed by atoms with van der Waals surface area (Å²) in [6, 6.07) is 12.8. The topological polar surface area (TPSA) is 62.6 Å². The average molecular weight is 229 g/mol. The maximum Gasteiger partial charge on any atom is 0.494 e. The van der Waals surface area contributed by atoms with E-state index >= 15 is 0 Å². The average Bonchev–Trinajstić information content (AvgIpc) is 2.38. The maximum absolute atomic E-state index is 9.14. The second-order valence-electron chi connectivity index (χ2n) is 3.55. The number of aromatic nitrogens is 1. The Kier molecular flexibility index (Phi) is 3.75. The summed E-state index contributed by atoms with van der Waals surface area (Å²) < 4.78 is 5.45. The molecule has 0 saturated carbocycles. The third-order valence-electron chi connectivity index (χ3n) is 2.30. The van der Waals surface area contributed by atoms with Gasteiger partial charge in [0.1, 0.15) is 6.61 Å². The van der Waals surface area contributed by atoms with Gasteiger partial charge < -0.3 is 14.8 Å². The van der Waals surface area contributed by atoms with E-state index in [1.54, 1.807) is 18.3 Å². The molecule has 0 spiro atoms. The molecule has 1 heterocycles. The van der Waals surface area contributed by atoms with E-state index < -0.39 is 7.12 Å². The fraction of sp³-hybridized carbons (Fsp3) is 0.0833. The molecule has 0 fully saturated rings. The van der Waals surface area contributed by atoms with Crippen LogP contribution in [0.1, 0.15) is 5.56 Å². The fourth-order valence-corrected chi connectivity index (χ4v) is 1.45. The van der Waals surface area contributed by atoms with Gasteiger partial charge in [-0.3, -0.25) is 0 Å². The zero-order chi connectivity index (χ0) is 12.1. The Morgan fingerprint density at radius 2 is 1.82 bits per heavy atom. The summed E-state index contributed by atoms with van der Waals surface area (Å²) in [5.74, 6) is 0.242. The van der Waals surface area contributed by atoms with Crippen LogP contribution in [0.15, 0.2) is 48.7 Å². The zero-order valence-electron chi connectivity index (χ0n) is 9.15. The second kappa shape index (κ2) is 5.47. The molecule has 1 aromatic carbocycles. The van der Waals surface area contributed by atoms with Gasteiger partial charge in [-0.2, -0.15) is 0 Å². The lowest BCUT2D eigenvalue weighted by atomic mass is 9.81. The Morgan fingerprint density at radius 1 is 1.06 bits per heavy atom. The summed E-state index contributed by atoms with van der Waals surface area (Å²) in [4.78, 5) is 3.97. The van der Waals surface area contributed by atoms with Gasteiger partial charge in [0.05, 0.1) is 0 Å². The van der Waals surface area contributed by atoms with Crippen molar-refractivity contribution in [3.05, 3.63) is 54.2 Å². The van der Waals surface area contributed by atoms with E-state index in [0.717, 1.165) is 5.56 Å². The summed E-state index contributed by atoms with van der Waals surface area (Å²) in [6.07, 6.45) is 1.55. The smallest absolute Gasteiger partial charge is 0.473 e. The number of hydrogen-bond acceptors (Lipinski definition) is 4. The van der Waals surface area contributed by atoms with Gasteiger partial charge in [-0.05, 0) is 11.6 Å². The van der Waals surface area contributed by atoms with Gasteiger partial charge in [0, 0.05) is 11.7 Å². The minimum absolute atomic E-state index is 0.242. The summed E-state index contributed by atoms with van der Waals surface area (Å²) in [6.45, 7) is 0.345. The van der Waals surface area contributed by atoms with Crippen molar-refractivity contribution in [2.24, 2.45) is 0 Å². The number of nitrogens with zero attached hydrogens (tertiary/aromatic N) is 1. The van der Waals surface area contributed by atoms with E-state index in [1.165, 1.54) is 0 Å². The highest BCUT2D eigenvalue weighted by molar-refractivity contribution is 6.59. The van der Waals surface area contributed by atoms with Crippen molar-refractivity contribution < 1.29 is 14.8 Å². The first kappa shape index (κ1) is 11.6. The molecule has 2 aromatic rings. The van der Waals surface area contributed by atoms with Gasteiger partial charge in [-0.1, -0.05) is 36.4 Å². The highest BCUT2D eigenvalue weighted by Gasteiger charge is 2.17. The molecule has 4 nitrogen and oxygen atoms in total. The quantitative estimate of drug-likeness (QED) is 0.742. The van der Waals surface area contributed by atoms with E-state index in [4.69, 9.17) is 14.8 Å². The molecule has 2 rings (SSSR count). The predicted octanol–water partition coefficient (Wildman–Crippen LogP) is 0.340. The second-order valence-corrected chi connectivity index (χ2v) is 3.55. The van der Waals surface area contributed by atoms with Gasteiger partial charge in [-0.15, -0.1) is 0 Å². The number of rotatable bonds is 4. The Hall–Kier alpha value is -1.85. The lowest BCUT2D eigenvalue weighted by Gasteiger charge is -2.09. The molecule has 0 aliphatic carbocycles. The van der Waals surface area contributed by atoms with Gasteiger partial charge >= 0.3 is 7.12 Å². The lowest BCUT2D eigenvalue weighted by molar-refractivity contribution is 0.294. The molecule has 0 amide bonds. The fourth-order valence-electron chi connectivity index (χ4n) is 1.45.